The maximum absolute atomic E-state index is 11.2. The molecule has 30 heavy (non-hydrogen) atoms. The smallest absolute Gasteiger partial charge is 0.186 e. The molecule has 2 bridgehead atoms. The molecular formula is C20H24O10. The van der Waals surface area contributed by atoms with Gasteiger partial charge < -0.3 is 48.8 Å². The van der Waals surface area contributed by atoms with Gasteiger partial charge in [0.05, 0.1) is 25.2 Å². The van der Waals surface area contributed by atoms with Crippen molar-refractivity contribution < 1.29 is 48.8 Å². The Morgan fingerprint density at radius 3 is 2.47 bits per heavy atom. The highest BCUT2D eigenvalue weighted by Crippen LogP contribution is 2.57. The summed E-state index contributed by atoms with van der Waals surface area (Å²) < 4.78 is 34.5. The second-order valence-electron chi connectivity index (χ2n) is 8.49. The van der Waals surface area contributed by atoms with Crippen LogP contribution in [0.3, 0.4) is 0 Å². The molecule has 0 aromatic heterocycles. The first-order chi connectivity index (χ1) is 14.5. The third-order valence-corrected chi connectivity index (χ3v) is 6.74. The minimum absolute atomic E-state index is 0.132. The molecule has 5 fully saturated rings. The van der Waals surface area contributed by atoms with Crippen molar-refractivity contribution in [2.24, 2.45) is 5.92 Å². The molecule has 4 aliphatic heterocycles. The van der Waals surface area contributed by atoms with Crippen LogP contribution < -0.4 is 0 Å². The Balaban J connectivity index is 1.20. The van der Waals surface area contributed by atoms with E-state index >= 15 is 0 Å². The van der Waals surface area contributed by atoms with Crippen LogP contribution in [0, 0.1) is 5.92 Å². The van der Waals surface area contributed by atoms with Gasteiger partial charge in [0.15, 0.2) is 18.9 Å². The maximum atomic E-state index is 11.2. The van der Waals surface area contributed by atoms with Crippen LogP contribution in [0.4, 0.5) is 0 Å². The van der Waals surface area contributed by atoms with Crippen LogP contribution in [-0.4, -0.2) is 94.5 Å². The molecule has 6 rings (SSSR count). The van der Waals surface area contributed by atoms with Gasteiger partial charge in [0.2, 0.25) is 0 Å². The van der Waals surface area contributed by atoms with E-state index in [0.29, 0.717) is 0 Å². The number of hydrogen-bond donors (Lipinski definition) is 4. The van der Waals surface area contributed by atoms with Crippen LogP contribution in [0.1, 0.15) is 11.9 Å². The van der Waals surface area contributed by atoms with Crippen LogP contribution in [0.5, 0.6) is 0 Å². The molecule has 4 N–H and O–H groups in total. The first-order valence-electron chi connectivity index (χ1n) is 10.1. The summed E-state index contributed by atoms with van der Waals surface area (Å²) in [7, 11) is 0. The van der Waals surface area contributed by atoms with Gasteiger partial charge in [-0.1, -0.05) is 30.3 Å². The number of ether oxygens (including phenoxy) is 6. The highest BCUT2D eigenvalue weighted by atomic mass is 16.8. The Kier molecular flexibility index (Phi) is 4.49. The Labute approximate surface area is 171 Å². The monoisotopic (exact) mass is 424 g/mol. The van der Waals surface area contributed by atoms with E-state index in [9.17, 15) is 20.4 Å². The van der Waals surface area contributed by atoms with Crippen molar-refractivity contribution in [2.45, 2.75) is 67.2 Å². The van der Waals surface area contributed by atoms with E-state index in [2.05, 4.69) is 0 Å². The first-order valence-corrected chi connectivity index (χ1v) is 10.1. The van der Waals surface area contributed by atoms with Gasteiger partial charge in [-0.05, 0) is 0 Å². The summed E-state index contributed by atoms with van der Waals surface area (Å²) >= 11 is 0. The zero-order valence-electron chi connectivity index (χ0n) is 15.9. The lowest BCUT2D eigenvalue weighted by molar-refractivity contribution is -0.356. The van der Waals surface area contributed by atoms with Crippen molar-refractivity contribution in [2.75, 3.05) is 13.2 Å². The standard InChI is InChI=1S/C20H24O10/c21-12-13(22)19-26-6-9(27-19)14(12)29-18-11-15(23)20(11,24)16-10(28-18)7-25-17(30-16)8-4-2-1-3-5-8/h1-5,9-19,21-24H,6-7H2. The van der Waals surface area contributed by atoms with Gasteiger partial charge in [-0.15, -0.1) is 0 Å². The molecule has 164 valence electrons. The zero-order chi connectivity index (χ0) is 20.6. The van der Waals surface area contributed by atoms with Crippen LogP contribution in [0.25, 0.3) is 0 Å². The molecular weight excluding hydrogens is 400 g/mol. The Hall–Kier alpha value is -1.18. The average Bonchev–Trinajstić information content (AvgIpc) is 3.13. The highest BCUT2D eigenvalue weighted by Gasteiger charge is 2.77. The fourth-order valence-electron chi connectivity index (χ4n) is 5.02. The molecule has 1 aromatic carbocycles. The van der Waals surface area contributed by atoms with Crippen LogP contribution in [-0.2, 0) is 28.4 Å². The second-order valence-corrected chi connectivity index (χ2v) is 8.49. The molecule has 12 atom stereocenters. The topological polar surface area (TPSA) is 136 Å². The number of aliphatic hydroxyl groups is 4. The summed E-state index contributed by atoms with van der Waals surface area (Å²) in [5.41, 5.74) is -0.755. The third-order valence-electron chi connectivity index (χ3n) is 6.74. The van der Waals surface area contributed by atoms with Gasteiger partial charge in [-0.3, -0.25) is 0 Å². The Bertz CT molecular complexity index is 793. The summed E-state index contributed by atoms with van der Waals surface area (Å²) in [5, 5.41) is 42.2. The van der Waals surface area contributed by atoms with Crippen molar-refractivity contribution in [3.63, 3.8) is 0 Å². The van der Waals surface area contributed by atoms with E-state index in [1.54, 1.807) is 0 Å². The van der Waals surface area contributed by atoms with E-state index in [0.717, 1.165) is 5.56 Å². The van der Waals surface area contributed by atoms with Crippen molar-refractivity contribution >= 4 is 0 Å². The van der Waals surface area contributed by atoms with Gasteiger partial charge >= 0.3 is 0 Å². The molecule has 1 saturated carbocycles. The summed E-state index contributed by atoms with van der Waals surface area (Å²) in [5.74, 6) is -0.766. The van der Waals surface area contributed by atoms with Crippen molar-refractivity contribution in [1.82, 2.24) is 0 Å². The normalized spacial score (nSPS) is 54.3. The van der Waals surface area contributed by atoms with Crippen molar-refractivity contribution in [3.8, 4) is 0 Å². The van der Waals surface area contributed by atoms with E-state index in [-0.39, 0.29) is 13.2 Å². The molecule has 1 aliphatic carbocycles. The van der Waals surface area contributed by atoms with Gasteiger partial charge in [0.25, 0.3) is 0 Å². The lowest BCUT2D eigenvalue weighted by atomic mass is 9.98. The predicted octanol–water partition coefficient (Wildman–Crippen LogP) is -1.59. The van der Waals surface area contributed by atoms with Gasteiger partial charge in [0, 0.05) is 5.56 Å². The van der Waals surface area contributed by atoms with Gasteiger partial charge in [-0.25, -0.2) is 0 Å². The molecule has 4 saturated heterocycles. The first kappa shape index (κ1) is 19.5. The minimum atomic E-state index is -1.56. The molecule has 4 heterocycles. The van der Waals surface area contributed by atoms with E-state index < -0.39 is 73.1 Å². The quantitative estimate of drug-likeness (QED) is 0.450. The van der Waals surface area contributed by atoms with E-state index in [1.807, 2.05) is 30.3 Å². The molecule has 10 nitrogen and oxygen atoms in total. The molecule has 1 aromatic rings. The predicted molar refractivity (Wildman–Crippen MR) is 94.6 cm³/mol. The molecule has 12 unspecified atom stereocenters. The van der Waals surface area contributed by atoms with Crippen molar-refractivity contribution in [1.29, 1.82) is 0 Å². The van der Waals surface area contributed by atoms with Crippen molar-refractivity contribution in [3.05, 3.63) is 35.9 Å². The van der Waals surface area contributed by atoms with Crippen LogP contribution >= 0.6 is 0 Å². The molecule has 0 spiro atoms. The second kappa shape index (κ2) is 6.91. The summed E-state index contributed by atoms with van der Waals surface area (Å²) in [6.45, 7) is 0.289. The fourth-order valence-corrected chi connectivity index (χ4v) is 5.02. The average molecular weight is 424 g/mol. The molecule has 5 aliphatic rings. The largest absolute Gasteiger partial charge is 0.389 e. The Morgan fingerprint density at radius 2 is 1.67 bits per heavy atom. The third kappa shape index (κ3) is 2.74. The van der Waals surface area contributed by atoms with E-state index in [1.165, 1.54) is 0 Å². The minimum Gasteiger partial charge on any atom is -0.389 e. The maximum Gasteiger partial charge on any atom is 0.186 e. The number of rotatable bonds is 3. The summed E-state index contributed by atoms with van der Waals surface area (Å²) in [6, 6.07) is 9.33. The summed E-state index contributed by atoms with van der Waals surface area (Å²) in [4.78, 5) is 0. The number of benzene rings is 1. The zero-order valence-corrected chi connectivity index (χ0v) is 15.9. The van der Waals surface area contributed by atoms with Gasteiger partial charge in [0.1, 0.15) is 42.2 Å². The molecule has 0 amide bonds. The van der Waals surface area contributed by atoms with E-state index in [4.69, 9.17) is 28.4 Å². The highest BCUT2D eigenvalue weighted by molar-refractivity contribution is 5.24. The van der Waals surface area contributed by atoms with Gasteiger partial charge in [-0.2, -0.15) is 0 Å². The number of fused-ring (bicyclic) bond motifs is 5. The number of aliphatic hydroxyl groups excluding tert-OH is 3. The number of hydrogen-bond acceptors (Lipinski definition) is 10. The Morgan fingerprint density at radius 1 is 0.900 bits per heavy atom. The lowest BCUT2D eigenvalue weighted by Crippen LogP contribution is -2.60. The van der Waals surface area contributed by atoms with Crippen LogP contribution in [0.2, 0.25) is 0 Å². The van der Waals surface area contributed by atoms with Crippen LogP contribution in [0.15, 0.2) is 30.3 Å². The molecule has 0 radical (unpaired) electrons. The SMILES string of the molecule is OC1C2OCC(O2)C(OC2OC3COC(c4ccccc4)OC3C3(O)C(O)C23)C1O. The molecule has 10 heteroatoms. The fraction of sp³-hybridized carbons (Fsp3) is 0.700. The lowest BCUT2D eigenvalue weighted by Gasteiger charge is -2.45. The summed E-state index contributed by atoms with van der Waals surface area (Å²) in [6.07, 6.45) is -9.21.